The van der Waals surface area contributed by atoms with E-state index in [0.29, 0.717) is 17.3 Å². The van der Waals surface area contributed by atoms with Gasteiger partial charge in [-0.15, -0.1) is 0 Å². The quantitative estimate of drug-likeness (QED) is 0.410. The summed E-state index contributed by atoms with van der Waals surface area (Å²) in [5.41, 5.74) is 11.2. The van der Waals surface area contributed by atoms with Crippen molar-refractivity contribution in [3.63, 3.8) is 0 Å². The molecule has 1 aromatic carbocycles. The SMILES string of the molecule is COc1ccc(CCCc2nc3cc(C(C(C)=O)=C(C)N)ccn3c2NC2CCCCC2)cc1. The number of hydrogen-bond acceptors (Lipinski definition) is 5. The molecule has 0 radical (unpaired) electrons. The number of carbonyl (C=O) groups excluding carboxylic acids is 1. The Kier molecular flexibility index (Phi) is 7.56. The number of methoxy groups -OCH3 is 1. The van der Waals surface area contributed by atoms with Crippen molar-refractivity contribution < 1.29 is 9.53 Å². The predicted octanol–water partition coefficient (Wildman–Crippen LogP) is 5.54. The Morgan fingerprint density at radius 1 is 1.12 bits per heavy atom. The van der Waals surface area contributed by atoms with Crippen LogP contribution in [0.4, 0.5) is 5.82 Å². The lowest BCUT2D eigenvalue weighted by Crippen LogP contribution is -2.23. The zero-order valence-electron chi connectivity index (χ0n) is 20.6. The normalized spacial score (nSPS) is 15.3. The number of aromatic nitrogens is 2. The van der Waals surface area contributed by atoms with E-state index in [-0.39, 0.29) is 5.78 Å². The van der Waals surface area contributed by atoms with E-state index in [2.05, 4.69) is 21.9 Å². The molecular formula is C28H36N4O2. The zero-order valence-corrected chi connectivity index (χ0v) is 20.6. The average Bonchev–Trinajstić information content (AvgIpc) is 3.16. The summed E-state index contributed by atoms with van der Waals surface area (Å²) in [7, 11) is 1.69. The molecule has 1 aliphatic carbocycles. The maximum atomic E-state index is 12.2. The Hall–Kier alpha value is -3.28. The molecule has 2 aromatic heterocycles. The number of benzene rings is 1. The molecule has 0 atom stereocenters. The number of pyridine rings is 1. The number of aryl methyl sites for hydroxylation is 2. The van der Waals surface area contributed by atoms with Crippen molar-refractivity contribution in [3.05, 3.63) is 65.1 Å². The second-order valence-corrected chi connectivity index (χ2v) is 9.35. The molecular weight excluding hydrogens is 424 g/mol. The molecule has 6 heteroatoms. The van der Waals surface area contributed by atoms with Crippen LogP contribution in [0.5, 0.6) is 5.75 Å². The van der Waals surface area contributed by atoms with Crippen LogP contribution in [-0.4, -0.2) is 28.3 Å². The van der Waals surface area contributed by atoms with Gasteiger partial charge >= 0.3 is 0 Å². The number of ether oxygens (including phenoxy) is 1. The van der Waals surface area contributed by atoms with Gasteiger partial charge in [0.25, 0.3) is 0 Å². The molecule has 1 fully saturated rings. The third-order valence-corrected chi connectivity index (χ3v) is 6.72. The van der Waals surface area contributed by atoms with E-state index in [1.807, 2.05) is 30.5 Å². The van der Waals surface area contributed by atoms with Gasteiger partial charge < -0.3 is 15.8 Å². The lowest BCUT2D eigenvalue weighted by atomic mass is 9.95. The van der Waals surface area contributed by atoms with Gasteiger partial charge in [0.05, 0.1) is 12.8 Å². The highest BCUT2D eigenvalue weighted by Gasteiger charge is 2.20. The Bertz CT molecular complexity index is 1170. The second kappa shape index (κ2) is 10.8. The minimum atomic E-state index is -0.0313. The van der Waals surface area contributed by atoms with Crippen LogP contribution in [0.1, 0.15) is 69.2 Å². The number of nitrogens with one attached hydrogen (secondary N) is 1. The summed E-state index contributed by atoms with van der Waals surface area (Å²) in [6, 6.07) is 12.7. The molecule has 0 unspecified atom stereocenters. The van der Waals surface area contributed by atoms with E-state index in [1.165, 1.54) is 37.7 Å². The fraction of sp³-hybridized carbons (Fsp3) is 0.429. The van der Waals surface area contributed by atoms with Crippen molar-refractivity contribution in [1.82, 2.24) is 9.38 Å². The number of hydrogen-bond donors (Lipinski definition) is 2. The molecule has 0 spiro atoms. The van der Waals surface area contributed by atoms with Crippen molar-refractivity contribution in [1.29, 1.82) is 0 Å². The highest BCUT2D eigenvalue weighted by molar-refractivity contribution is 6.20. The van der Waals surface area contributed by atoms with Gasteiger partial charge in [-0.25, -0.2) is 4.98 Å². The van der Waals surface area contributed by atoms with Gasteiger partial charge in [-0.3, -0.25) is 9.20 Å². The van der Waals surface area contributed by atoms with Crippen molar-refractivity contribution in [3.8, 4) is 5.75 Å². The molecule has 3 N–H and O–H groups in total. The number of ketones is 1. The van der Waals surface area contributed by atoms with Crippen molar-refractivity contribution >= 4 is 22.8 Å². The molecule has 0 aliphatic heterocycles. The fourth-order valence-corrected chi connectivity index (χ4v) is 4.98. The number of anilines is 1. The summed E-state index contributed by atoms with van der Waals surface area (Å²) in [6.07, 6.45) is 11.1. The van der Waals surface area contributed by atoms with Crippen molar-refractivity contribution in [2.45, 2.75) is 71.3 Å². The predicted molar refractivity (Wildman–Crippen MR) is 138 cm³/mol. The molecule has 3 aromatic rings. The number of nitrogens with zero attached hydrogens (tertiary/aromatic N) is 2. The smallest absolute Gasteiger partial charge is 0.162 e. The Morgan fingerprint density at radius 2 is 1.85 bits per heavy atom. The van der Waals surface area contributed by atoms with Crippen LogP contribution in [0.3, 0.4) is 0 Å². The third kappa shape index (κ3) is 5.44. The lowest BCUT2D eigenvalue weighted by molar-refractivity contribution is -0.111. The van der Waals surface area contributed by atoms with Gasteiger partial charge in [0.15, 0.2) is 5.78 Å². The first kappa shape index (κ1) is 23.9. The maximum Gasteiger partial charge on any atom is 0.162 e. The minimum Gasteiger partial charge on any atom is -0.497 e. The van der Waals surface area contributed by atoms with E-state index in [9.17, 15) is 4.79 Å². The number of fused-ring (bicyclic) bond motifs is 1. The van der Waals surface area contributed by atoms with Crippen LogP contribution in [0.15, 0.2) is 48.3 Å². The second-order valence-electron chi connectivity index (χ2n) is 9.35. The van der Waals surface area contributed by atoms with E-state index in [0.717, 1.165) is 47.7 Å². The van der Waals surface area contributed by atoms with E-state index in [1.54, 1.807) is 21.0 Å². The van der Waals surface area contributed by atoms with Crippen LogP contribution < -0.4 is 15.8 Å². The molecule has 0 bridgehead atoms. The Balaban J connectivity index is 1.61. The first-order valence-corrected chi connectivity index (χ1v) is 12.3. The van der Waals surface area contributed by atoms with Crippen LogP contribution in [-0.2, 0) is 17.6 Å². The van der Waals surface area contributed by atoms with Crippen LogP contribution in [0.2, 0.25) is 0 Å². The van der Waals surface area contributed by atoms with Crippen molar-refractivity contribution in [2.75, 3.05) is 12.4 Å². The van der Waals surface area contributed by atoms with Crippen LogP contribution in [0.25, 0.3) is 11.2 Å². The first-order valence-electron chi connectivity index (χ1n) is 12.3. The van der Waals surface area contributed by atoms with Crippen LogP contribution in [0, 0.1) is 0 Å². The topological polar surface area (TPSA) is 81.6 Å². The molecule has 2 heterocycles. The first-order chi connectivity index (χ1) is 16.5. The summed E-state index contributed by atoms with van der Waals surface area (Å²) >= 11 is 0. The Labute approximate surface area is 202 Å². The molecule has 1 aliphatic rings. The summed E-state index contributed by atoms with van der Waals surface area (Å²) in [6.45, 7) is 3.33. The summed E-state index contributed by atoms with van der Waals surface area (Å²) in [5, 5.41) is 3.81. The molecule has 1 saturated carbocycles. The molecule has 0 saturated heterocycles. The number of rotatable bonds is 9. The number of allylic oxidation sites excluding steroid dienone is 2. The van der Waals surface area contributed by atoms with Gasteiger partial charge in [0.2, 0.25) is 0 Å². The molecule has 180 valence electrons. The molecule has 6 nitrogen and oxygen atoms in total. The van der Waals surface area contributed by atoms with E-state index in [4.69, 9.17) is 15.5 Å². The molecule has 4 rings (SSSR count). The zero-order chi connectivity index (χ0) is 24.1. The van der Waals surface area contributed by atoms with E-state index < -0.39 is 0 Å². The minimum absolute atomic E-state index is 0.0313. The maximum absolute atomic E-state index is 12.2. The van der Waals surface area contributed by atoms with Crippen molar-refractivity contribution in [2.24, 2.45) is 5.73 Å². The van der Waals surface area contributed by atoms with Gasteiger partial charge in [-0.2, -0.15) is 0 Å². The standard InChI is InChI=1S/C28H36N4O2/c1-19(29)27(20(2)33)22-16-17-32-26(18-22)31-25(28(32)30-23-9-5-4-6-10-23)11-7-8-21-12-14-24(34-3)15-13-21/h12-18,23,30H,4-11,29H2,1-3H3. The summed E-state index contributed by atoms with van der Waals surface area (Å²) < 4.78 is 7.40. The number of imidazole rings is 1. The highest BCUT2D eigenvalue weighted by Crippen LogP contribution is 2.28. The highest BCUT2D eigenvalue weighted by atomic mass is 16.5. The van der Waals surface area contributed by atoms with Crippen LogP contribution >= 0.6 is 0 Å². The van der Waals surface area contributed by atoms with Gasteiger partial charge in [-0.1, -0.05) is 31.4 Å². The summed E-state index contributed by atoms with van der Waals surface area (Å²) in [4.78, 5) is 17.2. The lowest BCUT2D eigenvalue weighted by Gasteiger charge is -2.24. The average molecular weight is 461 g/mol. The third-order valence-electron chi connectivity index (χ3n) is 6.72. The number of Topliss-reactive ketones (excluding diaryl/α,β-unsaturated/α-hetero) is 1. The van der Waals surface area contributed by atoms with Gasteiger partial charge in [0.1, 0.15) is 17.2 Å². The Morgan fingerprint density at radius 3 is 2.50 bits per heavy atom. The number of nitrogens with two attached hydrogens (primary N) is 1. The molecule has 0 amide bonds. The summed E-state index contributed by atoms with van der Waals surface area (Å²) in [5.74, 6) is 1.93. The van der Waals surface area contributed by atoms with E-state index >= 15 is 0 Å². The van der Waals surface area contributed by atoms with Gasteiger partial charge in [-0.05, 0) is 81.3 Å². The monoisotopic (exact) mass is 460 g/mol. The van der Waals surface area contributed by atoms with Gasteiger partial charge in [0, 0.05) is 23.5 Å². The molecule has 34 heavy (non-hydrogen) atoms. The largest absolute Gasteiger partial charge is 0.497 e. The number of carbonyl (C=O) groups is 1. The fourth-order valence-electron chi connectivity index (χ4n) is 4.98.